The van der Waals surface area contributed by atoms with Crippen molar-refractivity contribution >= 4 is 38.2 Å². The number of carbonyl (C=O) groups is 2. The third-order valence-electron chi connectivity index (χ3n) is 5.19. The third-order valence-corrected chi connectivity index (χ3v) is 8.29. The fourth-order valence-electron chi connectivity index (χ4n) is 3.36. The van der Waals surface area contributed by atoms with Gasteiger partial charge in [-0.1, -0.05) is 6.92 Å². The molecule has 1 saturated heterocycles. The van der Waals surface area contributed by atoms with Gasteiger partial charge in [0.1, 0.15) is 10.8 Å². The van der Waals surface area contributed by atoms with Crippen molar-refractivity contribution < 1.29 is 27.5 Å². The number of rotatable bonds is 8. The van der Waals surface area contributed by atoms with E-state index in [0.29, 0.717) is 29.4 Å². The lowest BCUT2D eigenvalue weighted by Gasteiger charge is -2.33. The Balaban J connectivity index is 1.57. The highest BCUT2D eigenvalue weighted by atomic mass is 32.2. The lowest BCUT2D eigenvalue weighted by Crippen LogP contribution is -2.50. The van der Waals surface area contributed by atoms with E-state index in [1.807, 2.05) is 11.8 Å². The molecule has 9 nitrogen and oxygen atoms in total. The smallest absolute Gasteiger partial charge is 0.340 e. The number of hydrogen-bond donors (Lipinski definition) is 1. The highest BCUT2D eigenvalue weighted by Crippen LogP contribution is 2.29. The number of piperazine rings is 1. The van der Waals surface area contributed by atoms with Crippen LogP contribution in [0.25, 0.3) is 0 Å². The Labute approximate surface area is 192 Å². The van der Waals surface area contributed by atoms with Crippen molar-refractivity contribution in [2.45, 2.75) is 18.2 Å². The number of methoxy groups -OCH3 is 2. The predicted octanol–water partition coefficient (Wildman–Crippen LogP) is 2.05. The van der Waals surface area contributed by atoms with Gasteiger partial charge in [0.05, 0.1) is 31.2 Å². The summed E-state index contributed by atoms with van der Waals surface area (Å²) in [6.45, 7) is 3.51. The van der Waals surface area contributed by atoms with Crippen LogP contribution in [-0.4, -0.2) is 76.4 Å². The molecule has 3 rings (SSSR count). The van der Waals surface area contributed by atoms with Crippen molar-refractivity contribution in [3.63, 3.8) is 0 Å². The summed E-state index contributed by atoms with van der Waals surface area (Å²) in [4.78, 5) is 27.6. The predicted molar refractivity (Wildman–Crippen MR) is 122 cm³/mol. The molecule has 0 unspecified atom stereocenters. The minimum Gasteiger partial charge on any atom is -0.497 e. The van der Waals surface area contributed by atoms with Gasteiger partial charge in [-0.05, 0) is 36.8 Å². The third kappa shape index (κ3) is 5.47. The van der Waals surface area contributed by atoms with Gasteiger partial charge in [0.15, 0.2) is 0 Å². The zero-order valence-electron chi connectivity index (χ0n) is 18.3. The highest BCUT2D eigenvalue weighted by molar-refractivity contribution is 7.89. The average molecular weight is 482 g/mol. The first-order valence-electron chi connectivity index (χ1n) is 10.2. The summed E-state index contributed by atoms with van der Waals surface area (Å²) in [5.41, 5.74) is 0.345. The van der Waals surface area contributed by atoms with Gasteiger partial charge in [-0.15, -0.1) is 11.3 Å². The van der Waals surface area contributed by atoms with Gasteiger partial charge in [0, 0.05) is 31.1 Å². The summed E-state index contributed by atoms with van der Waals surface area (Å²) < 4.78 is 37.0. The van der Waals surface area contributed by atoms with Crippen LogP contribution < -0.4 is 10.1 Å². The first-order chi connectivity index (χ1) is 15.3. The normalized spacial score (nSPS) is 15.3. The van der Waals surface area contributed by atoms with Crippen LogP contribution in [0, 0.1) is 0 Å². The zero-order chi connectivity index (χ0) is 23.3. The van der Waals surface area contributed by atoms with Crippen LogP contribution in [0.2, 0.25) is 0 Å². The molecule has 1 N–H and O–H groups in total. The van der Waals surface area contributed by atoms with Gasteiger partial charge in [-0.3, -0.25) is 9.69 Å². The quantitative estimate of drug-likeness (QED) is 0.575. The van der Waals surface area contributed by atoms with Crippen LogP contribution in [0.3, 0.4) is 0 Å². The van der Waals surface area contributed by atoms with Crippen molar-refractivity contribution in [1.29, 1.82) is 0 Å². The number of carbonyl (C=O) groups excluding carboxylic acids is 2. The molecule has 1 aromatic carbocycles. The summed E-state index contributed by atoms with van der Waals surface area (Å²) in [6.07, 6.45) is 0.745. The lowest BCUT2D eigenvalue weighted by atomic mass is 10.2. The maximum absolute atomic E-state index is 12.9. The number of nitrogens with zero attached hydrogens (tertiary/aromatic N) is 2. The first-order valence-corrected chi connectivity index (χ1v) is 12.4. The number of esters is 1. The van der Waals surface area contributed by atoms with E-state index in [1.165, 1.54) is 42.0 Å². The van der Waals surface area contributed by atoms with Crippen LogP contribution >= 0.6 is 11.3 Å². The highest BCUT2D eigenvalue weighted by Gasteiger charge is 2.29. The number of sulfonamides is 1. The Bertz CT molecular complexity index is 1060. The zero-order valence-corrected chi connectivity index (χ0v) is 19.9. The Hall–Kier alpha value is -2.47. The maximum atomic E-state index is 12.9. The second-order valence-corrected chi connectivity index (χ2v) is 10.3. The van der Waals surface area contributed by atoms with Gasteiger partial charge < -0.3 is 14.8 Å². The van der Waals surface area contributed by atoms with Gasteiger partial charge >= 0.3 is 5.97 Å². The molecule has 0 bridgehead atoms. The lowest BCUT2D eigenvalue weighted by molar-refractivity contribution is -0.117. The number of hydrogen-bond acceptors (Lipinski definition) is 8. The van der Waals surface area contributed by atoms with E-state index < -0.39 is 16.0 Å². The molecule has 1 aliphatic heterocycles. The minimum absolute atomic E-state index is 0.108. The van der Waals surface area contributed by atoms with E-state index in [-0.39, 0.29) is 30.4 Å². The molecule has 0 saturated carbocycles. The van der Waals surface area contributed by atoms with Crippen LogP contribution in [0.5, 0.6) is 5.75 Å². The molecule has 11 heteroatoms. The number of anilines is 1. The van der Waals surface area contributed by atoms with Crippen LogP contribution in [0.15, 0.2) is 35.2 Å². The number of nitrogens with one attached hydrogen (secondary N) is 1. The number of amides is 1. The Morgan fingerprint density at radius 1 is 1.09 bits per heavy atom. The summed E-state index contributed by atoms with van der Waals surface area (Å²) in [5, 5.41) is 3.27. The van der Waals surface area contributed by atoms with Gasteiger partial charge in [0.25, 0.3) is 0 Å². The van der Waals surface area contributed by atoms with Crippen molar-refractivity contribution in [3.8, 4) is 5.75 Å². The molecular formula is C21H27N3O6S2. The largest absolute Gasteiger partial charge is 0.497 e. The average Bonchev–Trinajstić information content (AvgIpc) is 3.21. The molecule has 2 heterocycles. The van der Waals surface area contributed by atoms with E-state index >= 15 is 0 Å². The van der Waals surface area contributed by atoms with E-state index in [4.69, 9.17) is 9.47 Å². The number of benzene rings is 1. The molecule has 1 amide bonds. The molecule has 174 valence electrons. The molecule has 2 aromatic rings. The monoisotopic (exact) mass is 481 g/mol. The Morgan fingerprint density at radius 3 is 2.31 bits per heavy atom. The molecule has 0 radical (unpaired) electrons. The van der Waals surface area contributed by atoms with Gasteiger partial charge in [0.2, 0.25) is 15.9 Å². The molecule has 1 fully saturated rings. The van der Waals surface area contributed by atoms with Crippen molar-refractivity contribution in [2.24, 2.45) is 0 Å². The molecule has 0 aliphatic carbocycles. The van der Waals surface area contributed by atoms with Crippen molar-refractivity contribution in [2.75, 3.05) is 52.3 Å². The standard InChI is InChI=1S/C21H27N3O6S2/c1-4-16-13-18(21(26)30-3)20(31-16)22-19(25)14-23-9-11-24(12-10-23)32(27,28)17-7-5-15(29-2)6-8-17/h5-8,13H,4,9-12,14H2,1-3H3,(H,22,25). The Morgan fingerprint density at radius 2 is 1.75 bits per heavy atom. The maximum Gasteiger partial charge on any atom is 0.340 e. The molecule has 1 aromatic heterocycles. The first kappa shape index (κ1) is 24.2. The van der Waals surface area contributed by atoms with E-state index in [1.54, 1.807) is 18.2 Å². The topological polar surface area (TPSA) is 105 Å². The second kappa shape index (κ2) is 10.4. The summed E-state index contributed by atoms with van der Waals surface area (Å²) >= 11 is 1.35. The van der Waals surface area contributed by atoms with E-state index in [2.05, 4.69) is 5.32 Å². The SMILES string of the molecule is CCc1cc(C(=O)OC)c(NC(=O)CN2CCN(S(=O)(=O)c3ccc(OC)cc3)CC2)s1. The summed E-state index contributed by atoms with van der Waals surface area (Å²) in [5.74, 6) is -0.161. The van der Waals surface area contributed by atoms with Crippen LogP contribution in [0.4, 0.5) is 5.00 Å². The second-order valence-electron chi connectivity index (χ2n) is 7.20. The summed E-state index contributed by atoms with van der Waals surface area (Å²) in [7, 11) is -0.778. The van der Waals surface area contributed by atoms with Gasteiger partial charge in [-0.25, -0.2) is 13.2 Å². The summed E-state index contributed by atoms with van der Waals surface area (Å²) in [6, 6.07) is 8.01. The molecule has 0 atom stereocenters. The van der Waals surface area contributed by atoms with Crippen molar-refractivity contribution in [1.82, 2.24) is 9.21 Å². The number of thiophene rings is 1. The number of ether oxygens (including phenoxy) is 2. The van der Waals surface area contributed by atoms with Crippen LogP contribution in [0.1, 0.15) is 22.2 Å². The van der Waals surface area contributed by atoms with E-state index in [9.17, 15) is 18.0 Å². The Kier molecular flexibility index (Phi) is 7.88. The van der Waals surface area contributed by atoms with Gasteiger partial charge in [-0.2, -0.15) is 4.31 Å². The van der Waals surface area contributed by atoms with Crippen molar-refractivity contribution in [3.05, 3.63) is 40.8 Å². The molecular weight excluding hydrogens is 454 g/mol. The number of aryl methyl sites for hydroxylation is 1. The fourth-order valence-corrected chi connectivity index (χ4v) is 5.79. The fraction of sp³-hybridized carbons (Fsp3) is 0.429. The molecule has 0 spiro atoms. The van der Waals surface area contributed by atoms with E-state index in [0.717, 1.165) is 11.3 Å². The molecule has 32 heavy (non-hydrogen) atoms. The molecule has 1 aliphatic rings. The minimum atomic E-state index is -3.60. The van der Waals surface area contributed by atoms with Crippen LogP contribution in [-0.2, 0) is 26.0 Å².